The van der Waals surface area contributed by atoms with Crippen molar-refractivity contribution < 1.29 is 5.11 Å². The zero-order chi connectivity index (χ0) is 7.28. The molecule has 0 radical (unpaired) electrons. The molecule has 2 atom stereocenters. The Kier molecular flexibility index (Phi) is 4.41. The number of hydrogen-bond donors (Lipinski definition) is 1. The van der Waals surface area contributed by atoms with E-state index in [9.17, 15) is 5.11 Å². The molecule has 0 aromatic carbocycles. The van der Waals surface area contributed by atoms with Crippen LogP contribution in [0.1, 0.15) is 27.2 Å². The van der Waals surface area contributed by atoms with Gasteiger partial charge in [0.1, 0.15) is 0 Å². The number of aliphatic hydroxyl groups is 1. The third-order valence-corrected chi connectivity index (χ3v) is 1.52. The Morgan fingerprint density at radius 2 is 2.11 bits per heavy atom. The molecular weight excluding hydrogens is 112 g/mol. The molecule has 0 aliphatic carbocycles. The molecule has 0 heterocycles. The van der Waals surface area contributed by atoms with E-state index in [2.05, 4.69) is 0 Å². The van der Waals surface area contributed by atoms with Gasteiger partial charge >= 0.3 is 0 Å². The Morgan fingerprint density at radius 3 is 2.44 bits per heavy atom. The molecule has 54 valence electrons. The summed E-state index contributed by atoms with van der Waals surface area (Å²) < 4.78 is 0. The van der Waals surface area contributed by atoms with E-state index in [1.54, 1.807) is 0 Å². The highest BCUT2D eigenvalue weighted by Crippen LogP contribution is 2.06. The Balaban J connectivity index is 3.58. The number of rotatable bonds is 3. The van der Waals surface area contributed by atoms with Crippen LogP contribution in [0, 0.1) is 5.92 Å². The average molecular weight is 128 g/mol. The van der Waals surface area contributed by atoms with Crippen LogP contribution in [0.2, 0.25) is 0 Å². The van der Waals surface area contributed by atoms with Gasteiger partial charge in [-0.2, -0.15) is 0 Å². The van der Waals surface area contributed by atoms with Gasteiger partial charge in [0.15, 0.2) is 0 Å². The van der Waals surface area contributed by atoms with Crippen LogP contribution in [0.4, 0.5) is 0 Å². The maximum atomic E-state index is 9.21. The lowest BCUT2D eigenvalue weighted by molar-refractivity contribution is 0.133. The molecule has 0 fully saturated rings. The standard InChI is InChI=1S/C8H16O/c1-4-6-7(3)8(9)5-2/h4,6-9H,5H2,1-3H3/b6-4+. The topological polar surface area (TPSA) is 20.2 Å². The van der Waals surface area contributed by atoms with Crippen LogP contribution in [0.25, 0.3) is 0 Å². The third-order valence-electron chi connectivity index (χ3n) is 1.52. The van der Waals surface area contributed by atoms with Gasteiger partial charge in [-0.05, 0) is 19.3 Å². The highest BCUT2D eigenvalue weighted by atomic mass is 16.3. The second-order valence-electron chi connectivity index (χ2n) is 2.36. The Morgan fingerprint density at radius 1 is 1.56 bits per heavy atom. The van der Waals surface area contributed by atoms with E-state index < -0.39 is 0 Å². The molecule has 0 saturated heterocycles. The predicted molar refractivity (Wildman–Crippen MR) is 40.3 cm³/mol. The second kappa shape index (κ2) is 4.57. The lowest BCUT2D eigenvalue weighted by Crippen LogP contribution is -2.13. The smallest absolute Gasteiger partial charge is 0.0597 e. The molecule has 0 aromatic heterocycles. The molecule has 0 rings (SSSR count). The Hall–Kier alpha value is -0.300. The minimum Gasteiger partial charge on any atom is -0.393 e. The predicted octanol–water partition coefficient (Wildman–Crippen LogP) is 1.97. The van der Waals surface area contributed by atoms with E-state index >= 15 is 0 Å². The van der Waals surface area contributed by atoms with Crippen molar-refractivity contribution in [2.45, 2.75) is 33.3 Å². The Bertz CT molecular complexity index is 86.6. The molecule has 0 aromatic rings. The summed E-state index contributed by atoms with van der Waals surface area (Å²) in [6.45, 7) is 5.98. The summed E-state index contributed by atoms with van der Waals surface area (Å²) in [5.74, 6) is 0.306. The molecular formula is C8H16O. The van der Waals surface area contributed by atoms with Crippen LogP contribution in [-0.4, -0.2) is 11.2 Å². The van der Waals surface area contributed by atoms with Gasteiger partial charge in [-0.15, -0.1) is 0 Å². The van der Waals surface area contributed by atoms with E-state index in [4.69, 9.17) is 0 Å². The van der Waals surface area contributed by atoms with Crippen molar-refractivity contribution >= 4 is 0 Å². The SMILES string of the molecule is C/C=C/C(C)C(O)CC. The molecule has 0 amide bonds. The largest absolute Gasteiger partial charge is 0.393 e. The molecule has 1 nitrogen and oxygen atoms in total. The molecule has 0 bridgehead atoms. The van der Waals surface area contributed by atoms with Crippen molar-refractivity contribution in [3.63, 3.8) is 0 Å². The van der Waals surface area contributed by atoms with Crippen LogP contribution >= 0.6 is 0 Å². The summed E-state index contributed by atoms with van der Waals surface area (Å²) in [7, 11) is 0. The van der Waals surface area contributed by atoms with Crippen LogP contribution in [-0.2, 0) is 0 Å². The molecule has 2 unspecified atom stereocenters. The highest BCUT2D eigenvalue weighted by Gasteiger charge is 2.06. The lowest BCUT2D eigenvalue weighted by atomic mass is 10.0. The average Bonchev–Trinajstić information content (AvgIpc) is 1.87. The van der Waals surface area contributed by atoms with Crippen molar-refractivity contribution in [1.82, 2.24) is 0 Å². The number of hydrogen-bond acceptors (Lipinski definition) is 1. The normalized spacial score (nSPS) is 18.2. The number of allylic oxidation sites excluding steroid dienone is 1. The minimum atomic E-state index is -0.166. The first-order chi connectivity index (χ1) is 4.22. The molecule has 9 heavy (non-hydrogen) atoms. The van der Waals surface area contributed by atoms with Crippen molar-refractivity contribution in [3.05, 3.63) is 12.2 Å². The van der Waals surface area contributed by atoms with Gasteiger partial charge in [0, 0.05) is 0 Å². The maximum Gasteiger partial charge on any atom is 0.0597 e. The summed E-state index contributed by atoms with van der Waals surface area (Å²) in [6, 6.07) is 0. The van der Waals surface area contributed by atoms with Gasteiger partial charge in [-0.1, -0.05) is 26.0 Å². The second-order valence-corrected chi connectivity index (χ2v) is 2.36. The fourth-order valence-corrected chi connectivity index (χ4v) is 0.804. The van der Waals surface area contributed by atoms with Gasteiger partial charge < -0.3 is 5.11 Å². The quantitative estimate of drug-likeness (QED) is 0.576. The van der Waals surface area contributed by atoms with Crippen LogP contribution in [0.3, 0.4) is 0 Å². The molecule has 0 spiro atoms. The third kappa shape index (κ3) is 3.31. The van der Waals surface area contributed by atoms with E-state index in [0.717, 1.165) is 6.42 Å². The summed E-state index contributed by atoms with van der Waals surface area (Å²) in [6.07, 6.45) is 4.67. The minimum absolute atomic E-state index is 0.166. The van der Waals surface area contributed by atoms with Gasteiger partial charge in [0.25, 0.3) is 0 Å². The van der Waals surface area contributed by atoms with E-state index in [-0.39, 0.29) is 6.10 Å². The first kappa shape index (κ1) is 8.70. The van der Waals surface area contributed by atoms with E-state index in [1.807, 2.05) is 32.9 Å². The molecule has 1 heteroatoms. The van der Waals surface area contributed by atoms with Crippen molar-refractivity contribution in [1.29, 1.82) is 0 Å². The highest BCUT2D eigenvalue weighted by molar-refractivity contribution is 4.86. The summed E-state index contributed by atoms with van der Waals surface area (Å²) in [4.78, 5) is 0. The van der Waals surface area contributed by atoms with Crippen molar-refractivity contribution in [3.8, 4) is 0 Å². The van der Waals surface area contributed by atoms with Gasteiger partial charge in [-0.25, -0.2) is 0 Å². The van der Waals surface area contributed by atoms with Crippen molar-refractivity contribution in [2.75, 3.05) is 0 Å². The molecule has 0 aliphatic rings. The molecule has 0 saturated carbocycles. The monoisotopic (exact) mass is 128 g/mol. The fraction of sp³-hybridized carbons (Fsp3) is 0.750. The maximum absolute atomic E-state index is 9.21. The van der Waals surface area contributed by atoms with E-state index in [1.165, 1.54) is 0 Å². The molecule has 1 N–H and O–H groups in total. The van der Waals surface area contributed by atoms with Crippen LogP contribution in [0.5, 0.6) is 0 Å². The summed E-state index contributed by atoms with van der Waals surface area (Å²) >= 11 is 0. The van der Waals surface area contributed by atoms with Crippen LogP contribution < -0.4 is 0 Å². The fourth-order valence-electron chi connectivity index (χ4n) is 0.804. The first-order valence-electron chi connectivity index (χ1n) is 3.53. The zero-order valence-electron chi connectivity index (χ0n) is 6.46. The van der Waals surface area contributed by atoms with Gasteiger partial charge in [-0.3, -0.25) is 0 Å². The number of aliphatic hydroxyl groups excluding tert-OH is 1. The summed E-state index contributed by atoms with van der Waals surface area (Å²) in [5.41, 5.74) is 0. The van der Waals surface area contributed by atoms with E-state index in [0.29, 0.717) is 5.92 Å². The van der Waals surface area contributed by atoms with Gasteiger partial charge in [0.05, 0.1) is 6.10 Å². The van der Waals surface area contributed by atoms with Gasteiger partial charge in [0.2, 0.25) is 0 Å². The molecule has 0 aliphatic heterocycles. The first-order valence-corrected chi connectivity index (χ1v) is 3.53. The van der Waals surface area contributed by atoms with Crippen LogP contribution in [0.15, 0.2) is 12.2 Å². The Labute approximate surface area is 57.4 Å². The summed E-state index contributed by atoms with van der Waals surface area (Å²) in [5, 5.41) is 9.21. The zero-order valence-corrected chi connectivity index (χ0v) is 6.46. The van der Waals surface area contributed by atoms with Crippen molar-refractivity contribution in [2.24, 2.45) is 5.92 Å². The lowest BCUT2D eigenvalue weighted by Gasteiger charge is -2.11.